The van der Waals surface area contributed by atoms with Gasteiger partial charge in [-0.3, -0.25) is 19.2 Å². The van der Waals surface area contributed by atoms with Gasteiger partial charge in [-0.25, -0.2) is 10.8 Å². The highest BCUT2D eigenvalue weighted by Gasteiger charge is 2.31. The van der Waals surface area contributed by atoms with Gasteiger partial charge >= 0.3 is 0 Å². The topological polar surface area (TPSA) is 114 Å². The number of halogens is 2. The third-order valence-electron chi connectivity index (χ3n) is 7.01. The number of carbonyl (C=O) groups is 1. The number of amides is 1. The third-order valence-corrected chi connectivity index (χ3v) is 7.34. The van der Waals surface area contributed by atoms with Gasteiger partial charge in [0.2, 0.25) is 5.91 Å². The molecule has 0 spiro atoms. The molecule has 0 aliphatic carbocycles. The van der Waals surface area contributed by atoms with Crippen LogP contribution in [0.25, 0.3) is 11.3 Å². The molecule has 0 radical (unpaired) electrons. The normalized spacial score (nSPS) is 15.4. The van der Waals surface area contributed by atoms with Crippen molar-refractivity contribution in [2.45, 2.75) is 31.3 Å². The van der Waals surface area contributed by atoms with Crippen molar-refractivity contribution in [3.8, 4) is 11.3 Å². The molecule has 4 N–H and O–H groups in total. The van der Waals surface area contributed by atoms with Crippen LogP contribution in [0.2, 0.25) is 5.02 Å². The molecule has 1 fully saturated rings. The van der Waals surface area contributed by atoms with Crippen LogP contribution in [0.15, 0.2) is 77.1 Å². The molecule has 1 atom stereocenters. The van der Waals surface area contributed by atoms with Crippen molar-refractivity contribution in [3.63, 3.8) is 0 Å². The van der Waals surface area contributed by atoms with Gasteiger partial charge in [-0.15, -0.1) is 0 Å². The number of benzene rings is 2. The highest BCUT2D eigenvalue weighted by Crippen LogP contribution is 2.31. The Bertz CT molecular complexity index is 1380. The Morgan fingerprint density at radius 3 is 2.46 bits per heavy atom. The van der Waals surface area contributed by atoms with Crippen molar-refractivity contribution >= 4 is 34.8 Å². The number of anilines is 1. The number of likely N-dealkylation sites (tertiary alicyclic amines) is 1. The van der Waals surface area contributed by atoms with Crippen molar-refractivity contribution in [3.05, 3.63) is 93.2 Å². The molecule has 1 amide bonds. The number of hydrogen-bond donors (Lipinski definition) is 2. The quantitative estimate of drug-likeness (QED) is 0.242. The maximum Gasteiger partial charge on any atom is 0.254 e. The summed E-state index contributed by atoms with van der Waals surface area (Å²) >= 11 is 12.1. The van der Waals surface area contributed by atoms with Crippen LogP contribution in [-0.4, -0.2) is 58.5 Å². The van der Waals surface area contributed by atoms with Crippen molar-refractivity contribution in [1.82, 2.24) is 19.4 Å². The monoisotopic (exact) mass is 569 g/mol. The molecule has 0 saturated carbocycles. The summed E-state index contributed by atoms with van der Waals surface area (Å²) in [5.41, 5.74) is 7.53. The molecular weight excluding hydrogens is 537 g/mol. The Labute approximate surface area is 238 Å². The lowest BCUT2D eigenvalue weighted by Crippen LogP contribution is -2.48. The van der Waals surface area contributed by atoms with E-state index in [4.69, 9.17) is 34.8 Å². The highest BCUT2D eigenvalue weighted by molar-refractivity contribution is 6.31. The molecule has 3 aromatic rings. The molecule has 1 saturated heterocycles. The van der Waals surface area contributed by atoms with Gasteiger partial charge in [0, 0.05) is 42.2 Å². The Kier molecular flexibility index (Phi) is 9.29. The summed E-state index contributed by atoms with van der Waals surface area (Å²) in [4.78, 5) is 36.0. The van der Waals surface area contributed by atoms with Crippen LogP contribution in [0.3, 0.4) is 0 Å². The van der Waals surface area contributed by atoms with Crippen LogP contribution in [0, 0.1) is 0 Å². The molecule has 4 rings (SSSR count). The molecule has 1 unspecified atom stereocenters. The summed E-state index contributed by atoms with van der Waals surface area (Å²) in [6.45, 7) is 1.28. The van der Waals surface area contributed by atoms with E-state index in [0.29, 0.717) is 47.5 Å². The predicted molar refractivity (Wildman–Crippen MR) is 156 cm³/mol. The maximum absolute atomic E-state index is 13.8. The van der Waals surface area contributed by atoms with Crippen LogP contribution in [0.5, 0.6) is 0 Å². The van der Waals surface area contributed by atoms with E-state index in [1.54, 1.807) is 18.2 Å². The van der Waals surface area contributed by atoms with Crippen LogP contribution >= 0.6 is 23.2 Å². The van der Waals surface area contributed by atoms with Gasteiger partial charge < -0.3 is 15.5 Å². The lowest BCUT2D eigenvalue weighted by atomic mass is 10.0. The molecule has 2 aromatic carbocycles. The summed E-state index contributed by atoms with van der Waals surface area (Å²) < 4.78 is 1.41. The Balaban J connectivity index is 1.69. The Hall–Kier alpha value is -3.37. The summed E-state index contributed by atoms with van der Waals surface area (Å²) in [5, 5.41) is 1.66. The fourth-order valence-corrected chi connectivity index (χ4v) is 5.17. The number of aromatic nitrogens is 2. The number of nitrogens with two attached hydrogens (primary N) is 2. The van der Waals surface area contributed by atoms with E-state index in [1.165, 1.54) is 28.2 Å². The van der Waals surface area contributed by atoms with E-state index in [1.807, 2.05) is 35.2 Å². The van der Waals surface area contributed by atoms with E-state index < -0.39 is 6.04 Å². The van der Waals surface area contributed by atoms with Crippen molar-refractivity contribution in [2.75, 3.05) is 32.2 Å². The first-order valence-electron chi connectivity index (χ1n) is 12.7. The van der Waals surface area contributed by atoms with E-state index in [9.17, 15) is 9.59 Å². The van der Waals surface area contributed by atoms with Crippen molar-refractivity contribution < 1.29 is 4.79 Å². The molecule has 1 aliphatic rings. The van der Waals surface area contributed by atoms with E-state index in [-0.39, 0.29) is 16.6 Å². The molecule has 0 bridgehead atoms. The van der Waals surface area contributed by atoms with Crippen molar-refractivity contribution in [1.29, 1.82) is 0 Å². The molecule has 206 valence electrons. The molecule has 11 heteroatoms. The molecule has 2 heterocycles. The lowest BCUT2D eigenvalue weighted by Gasteiger charge is -2.37. The number of hydrazine groups is 1. The molecular formula is C28H33Cl2N7O2. The fourth-order valence-electron chi connectivity index (χ4n) is 4.89. The fraction of sp³-hybridized carbons (Fsp3) is 0.321. The summed E-state index contributed by atoms with van der Waals surface area (Å²) in [6.07, 6.45) is 4.90. The number of piperidine rings is 1. The predicted octanol–water partition coefficient (Wildman–Crippen LogP) is 3.58. The van der Waals surface area contributed by atoms with Gasteiger partial charge in [0.05, 0.1) is 23.9 Å². The van der Waals surface area contributed by atoms with E-state index >= 15 is 0 Å². The molecule has 39 heavy (non-hydrogen) atoms. The minimum absolute atomic E-state index is 0.0151. The highest BCUT2D eigenvalue weighted by atomic mass is 35.5. The lowest BCUT2D eigenvalue weighted by molar-refractivity contribution is -0.136. The van der Waals surface area contributed by atoms with Gasteiger partial charge in [-0.05, 0) is 50.7 Å². The SMILES string of the molecule is CN(C)C1CCN(C(=O)C(Cc2ccccc2)n2cnc(-c3cc(Cl)ccc3N(N)/C=C(\N)Cl)cc2=O)CC1. The first-order valence-corrected chi connectivity index (χ1v) is 13.4. The molecule has 1 aliphatic heterocycles. The number of carbonyl (C=O) groups excluding carboxylic acids is 1. The Morgan fingerprint density at radius 2 is 1.85 bits per heavy atom. The minimum atomic E-state index is -0.735. The van der Waals surface area contributed by atoms with Crippen LogP contribution in [-0.2, 0) is 11.2 Å². The van der Waals surface area contributed by atoms with Gasteiger partial charge in [-0.1, -0.05) is 53.5 Å². The second-order valence-electron chi connectivity index (χ2n) is 9.83. The standard InChI is InChI=1S/C28H33Cl2N7O2/c1-34(2)21-10-12-35(13-11-21)28(39)25(14-19-6-4-3-5-7-19)36-18-33-23(16-27(36)38)22-15-20(29)8-9-24(22)37(32)17-26(30)31/h3-9,15-18,21,25H,10-14,31-32H2,1-2H3/b26-17-. The van der Waals surface area contributed by atoms with Crippen LogP contribution in [0.1, 0.15) is 24.4 Å². The minimum Gasteiger partial charge on any atom is -0.388 e. The zero-order valence-electron chi connectivity index (χ0n) is 22.0. The number of nitrogens with zero attached hydrogens (tertiary/aromatic N) is 5. The second-order valence-corrected chi connectivity index (χ2v) is 10.7. The zero-order valence-corrected chi connectivity index (χ0v) is 23.5. The average molecular weight is 571 g/mol. The Morgan fingerprint density at radius 1 is 1.15 bits per heavy atom. The summed E-state index contributed by atoms with van der Waals surface area (Å²) in [7, 11) is 4.12. The second kappa shape index (κ2) is 12.7. The van der Waals surface area contributed by atoms with Gasteiger partial charge in [0.15, 0.2) is 0 Å². The van der Waals surface area contributed by atoms with Gasteiger partial charge in [0.1, 0.15) is 11.2 Å². The maximum atomic E-state index is 13.8. The number of hydrogen-bond acceptors (Lipinski definition) is 7. The molecule has 9 nitrogen and oxygen atoms in total. The number of rotatable bonds is 8. The summed E-state index contributed by atoms with van der Waals surface area (Å²) in [6, 6.07) is 15.8. The summed E-state index contributed by atoms with van der Waals surface area (Å²) in [5.74, 6) is 6.03. The largest absolute Gasteiger partial charge is 0.388 e. The van der Waals surface area contributed by atoms with E-state index in [2.05, 4.69) is 24.0 Å². The third kappa shape index (κ3) is 6.99. The van der Waals surface area contributed by atoms with Gasteiger partial charge in [-0.2, -0.15) is 0 Å². The molecule has 1 aromatic heterocycles. The zero-order chi connectivity index (χ0) is 28.1. The van der Waals surface area contributed by atoms with Gasteiger partial charge in [0.25, 0.3) is 5.56 Å². The smallest absolute Gasteiger partial charge is 0.254 e. The van der Waals surface area contributed by atoms with Crippen molar-refractivity contribution in [2.24, 2.45) is 11.6 Å². The van der Waals surface area contributed by atoms with Crippen LogP contribution < -0.4 is 22.1 Å². The first kappa shape index (κ1) is 28.6. The van der Waals surface area contributed by atoms with Crippen LogP contribution in [0.4, 0.5) is 5.69 Å². The van der Waals surface area contributed by atoms with E-state index in [0.717, 1.165) is 18.4 Å². The average Bonchev–Trinajstić information content (AvgIpc) is 2.91. The first-order chi connectivity index (χ1) is 18.6.